The van der Waals surface area contributed by atoms with Crippen molar-refractivity contribution in [2.24, 2.45) is 17.6 Å². The van der Waals surface area contributed by atoms with Crippen molar-refractivity contribution in [3.05, 3.63) is 0 Å². The molecule has 0 aliphatic heterocycles. The third kappa shape index (κ3) is 3.01. The first-order valence-electron chi connectivity index (χ1n) is 7.15. The van der Waals surface area contributed by atoms with Crippen LogP contribution in [0.2, 0.25) is 0 Å². The van der Waals surface area contributed by atoms with E-state index in [0.29, 0.717) is 6.04 Å². The molecule has 0 heterocycles. The van der Waals surface area contributed by atoms with Crippen molar-refractivity contribution in [1.29, 1.82) is 0 Å². The van der Waals surface area contributed by atoms with Crippen LogP contribution in [0.3, 0.4) is 0 Å². The molecule has 1 amide bonds. The topological polar surface area (TPSA) is 55.1 Å². The molecule has 0 aromatic rings. The first-order chi connectivity index (χ1) is 8.05. The molecule has 1 unspecified atom stereocenters. The minimum absolute atomic E-state index is 0.0875. The maximum Gasteiger partial charge on any atom is 0.240 e. The van der Waals surface area contributed by atoms with E-state index in [1.54, 1.807) is 0 Å². The Hall–Kier alpha value is -0.570. The van der Waals surface area contributed by atoms with Crippen molar-refractivity contribution in [2.45, 2.75) is 70.4 Å². The quantitative estimate of drug-likeness (QED) is 0.789. The molecule has 2 aliphatic carbocycles. The Morgan fingerprint density at radius 3 is 2.41 bits per heavy atom. The lowest BCUT2D eigenvalue weighted by atomic mass is 9.78. The molecule has 0 spiro atoms. The summed E-state index contributed by atoms with van der Waals surface area (Å²) in [4.78, 5) is 11.8. The van der Waals surface area contributed by atoms with Crippen molar-refractivity contribution in [3.8, 4) is 0 Å². The average molecular weight is 238 g/mol. The molecule has 2 fully saturated rings. The van der Waals surface area contributed by atoms with Crippen LogP contribution in [0.1, 0.15) is 58.8 Å². The lowest BCUT2D eigenvalue weighted by Crippen LogP contribution is -2.48. The van der Waals surface area contributed by atoms with Crippen LogP contribution in [0.4, 0.5) is 0 Å². The fourth-order valence-corrected chi connectivity index (χ4v) is 2.86. The van der Waals surface area contributed by atoms with E-state index in [0.717, 1.165) is 37.5 Å². The smallest absolute Gasteiger partial charge is 0.240 e. The Bertz CT molecular complexity index is 278. The summed E-state index contributed by atoms with van der Waals surface area (Å²) in [6.45, 7) is 4.62. The molecule has 3 nitrogen and oxygen atoms in total. The second-order valence-electron chi connectivity index (χ2n) is 6.13. The number of hydrogen-bond donors (Lipinski definition) is 2. The molecule has 17 heavy (non-hydrogen) atoms. The molecule has 2 rings (SSSR count). The van der Waals surface area contributed by atoms with Crippen molar-refractivity contribution >= 4 is 5.91 Å². The zero-order valence-corrected chi connectivity index (χ0v) is 11.2. The van der Waals surface area contributed by atoms with Gasteiger partial charge >= 0.3 is 0 Å². The molecular weight excluding hydrogens is 212 g/mol. The van der Waals surface area contributed by atoms with E-state index >= 15 is 0 Å². The van der Waals surface area contributed by atoms with Gasteiger partial charge in [0.05, 0.1) is 5.54 Å². The van der Waals surface area contributed by atoms with Gasteiger partial charge in [0, 0.05) is 6.04 Å². The Morgan fingerprint density at radius 1 is 1.35 bits per heavy atom. The highest BCUT2D eigenvalue weighted by molar-refractivity contribution is 5.89. The zero-order chi connectivity index (χ0) is 12.5. The predicted octanol–water partition coefficient (Wildman–Crippen LogP) is 2.20. The van der Waals surface area contributed by atoms with Crippen molar-refractivity contribution in [3.63, 3.8) is 0 Å². The van der Waals surface area contributed by atoms with Gasteiger partial charge in [-0.25, -0.2) is 0 Å². The van der Waals surface area contributed by atoms with Gasteiger partial charge in [0.1, 0.15) is 0 Å². The van der Waals surface area contributed by atoms with E-state index in [1.165, 1.54) is 19.3 Å². The van der Waals surface area contributed by atoms with Gasteiger partial charge in [0.25, 0.3) is 0 Å². The van der Waals surface area contributed by atoms with Crippen LogP contribution in [0.5, 0.6) is 0 Å². The number of nitrogens with two attached hydrogens (primary N) is 1. The van der Waals surface area contributed by atoms with Crippen molar-refractivity contribution < 1.29 is 4.79 Å². The van der Waals surface area contributed by atoms with Crippen molar-refractivity contribution in [1.82, 2.24) is 5.32 Å². The van der Waals surface area contributed by atoms with Gasteiger partial charge in [-0.3, -0.25) is 4.79 Å². The molecule has 0 aromatic heterocycles. The summed E-state index contributed by atoms with van der Waals surface area (Å²) < 4.78 is 0. The fourth-order valence-electron chi connectivity index (χ4n) is 2.86. The van der Waals surface area contributed by atoms with E-state index in [9.17, 15) is 4.79 Å². The van der Waals surface area contributed by atoms with Crippen LogP contribution in [0.15, 0.2) is 0 Å². The summed E-state index contributed by atoms with van der Waals surface area (Å²) in [6.07, 6.45) is 7.79. The van der Waals surface area contributed by atoms with Gasteiger partial charge in [0.2, 0.25) is 5.91 Å². The number of hydrogen-bond acceptors (Lipinski definition) is 2. The number of carbonyl (C=O) groups excluding carboxylic acids is 1. The van der Waals surface area contributed by atoms with Gasteiger partial charge in [-0.05, 0) is 50.4 Å². The minimum Gasteiger partial charge on any atom is -0.352 e. The standard InChI is InChI=1S/C14H26N2O/c1-3-10(2)11-4-6-12(7-5-11)16-13(17)14(15)8-9-14/h10-12H,3-9,15H2,1-2H3,(H,16,17)/t10?,11-,12-. The number of nitrogens with one attached hydrogen (secondary N) is 1. The molecule has 2 aliphatic rings. The largest absolute Gasteiger partial charge is 0.352 e. The zero-order valence-electron chi connectivity index (χ0n) is 11.2. The summed E-state index contributed by atoms with van der Waals surface area (Å²) >= 11 is 0. The summed E-state index contributed by atoms with van der Waals surface area (Å²) in [5.74, 6) is 1.78. The summed E-state index contributed by atoms with van der Waals surface area (Å²) in [7, 11) is 0. The number of carbonyl (C=O) groups is 1. The summed E-state index contributed by atoms with van der Waals surface area (Å²) in [6, 6.07) is 0.379. The minimum atomic E-state index is -0.506. The normalized spacial score (nSPS) is 32.9. The van der Waals surface area contributed by atoms with Crippen LogP contribution in [-0.4, -0.2) is 17.5 Å². The second kappa shape index (κ2) is 4.97. The fraction of sp³-hybridized carbons (Fsp3) is 0.929. The average Bonchev–Trinajstić information content (AvgIpc) is 3.09. The molecule has 3 N–H and O–H groups in total. The predicted molar refractivity (Wildman–Crippen MR) is 69.5 cm³/mol. The molecule has 0 saturated heterocycles. The number of rotatable bonds is 4. The maximum atomic E-state index is 11.8. The third-order valence-corrected chi connectivity index (χ3v) is 4.80. The van der Waals surface area contributed by atoms with Crippen LogP contribution < -0.4 is 11.1 Å². The maximum absolute atomic E-state index is 11.8. The van der Waals surface area contributed by atoms with Gasteiger partial charge < -0.3 is 11.1 Å². The Morgan fingerprint density at radius 2 is 1.94 bits per heavy atom. The highest BCUT2D eigenvalue weighted by Gasteiger charge is 2.46. The lowest BCUT2D eigenvalue weighted by molar-refractivity contribution is -0.124. The molecule has 2 saturated carbocycles. The van der Waals surface area contributed by atoms with Crippen LogP contribution >= 0.6 is 0 Å². The van der Waals surface area contributed by atoms with Gasteiger partial charge in [0.15, 0.2) is 0 Å². The van der Waals surface area contributed by atoms with E-state index in [4.69, 9.17) is 5.73 Å². The second-order valence-corrected chi connectivity index (χ2v) is 6.13. The van der Waals surface area contributed by atoms with Gasteiger partial charge in [-0.2, -0.15) is 0 Å². The molecule has 3 heteroatoms. The highest BCUT2D eigenvalue weighted by Crippen LogP contribution is 2.34. The van der Waals surface area contributed by atoms with E-state index in [-0.39, 0.29) is 5.91 Å². The molecular formula is C14H26N2O. The first kappa shape index (κ1) is 12.9. The first-order valence-corrected chi connectivity index (χ1v) is 7.15. The Balaban J connectivity index is 1.74. The Kier molecular flexibility index (Phi) is 3.76. The van der Waals surface area contributed by atoms with Gasteiger partial charge in [-0.1, -0.05) is 20.3 Å². The van der Waals surface area contributed by atoms with Gasteiger partial charge in [-0.15, -0.1) is 0 Å². The SMILES string of the molecule is CCC(C)[C@H]1CC[C@H](NC(=O)C2(N)CC2)CC1. The molecule has 0 aromatic carbocycles. The molecule has 98 valence electrons. The van der Waals surface area contributed by atoms with E-state index < -0.39 is 5.54 Å². The number of amides is 1. The van der Waals surface area contributed by atoms with Crippen LogP contribution in [-0.2, 0) is 4.79 Å². The van der Waals surface area contributed by atoms with Crippen molar-refractivity contribution in [2.75, 3.05) is 0 Å². The Labute approximate surface area is 105 Å². The molecule has 1 atom stereocenters. The highest BCUT2D eigenvalue weighted by atomic mass is 16.2. The molecule has 0 radical (unpaired) electrons. The molecule has 0 bridgehead atoms. The monoisotopic (exact) mass is 238 g/mol. The van der Waals surface area contributed by atoms with Crippen LogP contribution in [0.25, 0.3) is 0 Å². The van der Waals surface area contributed by atoms with E-state index in [2.05, 4.69) is 19.2 Å². The summed E-state index contributed by atoms with van der Waals surface area (Å²) in [5.41, 5.74) is 5.39. The summed E-state index contributed by atoms with van der Waals surface area (Å²) in [5, 5.41) is 3.13. The third-order valence-electron chi connectivity index (χ3n) is 4.80. The van der Waals surface area contributed by atoms with E-state index in [1.807, 2.05) is 0 Å². The lowest BCUT2D eigenvalue weighted by Gasteiger charge is -2.32. The van der Waals surface area contributed by atoms with Crippen LogP contribution in [0, 0.1) is 11.8 Å².